The van der Waals surface area contributed by atoms with Crippen molar-refractivity contribution in [2.75, 3.05) is 19.7 Å². The number of hydrogen-bond donors (Lipinski definition) is 1. The topological polar surface area (TPSA) is 66.8 Å². The van der Waals surface area contributed by atoms with E-state index >= 15 is 0 Å². The van der Waals surface area contributed by atoms with Gasteiger partial charge in [-0.05, 0) is 31.5 Å². The Morgan fingerprint density at radius 3 is 2.70 bits per heavy atom. The number of hydrogen-bond acceptors (Lipinski definition) is 4. The number of benzene rings is 1. The average Bonchev–Trinajstić information content (AvgIpc) is 2.38. The molecule has 1 N–H and O–H groups in total. The molecule has 1 rings (SSSR count). The Kier molecular flexibility index (Phi) is 5.77. The first kappa shape index (κ1) is 15.8. The third-order valence-electron chi connectivity index (χ3n) is 2.65. The molecule has 108 valence electrons. The van der Waals surface area contributed by atoms with Crippen LogP contribution < -0.4 is 0 Å². The van der Waals surface area contributed by atoms with Crippen molar-refractivity contribution < 1.29 is 19.4 Å². The molecule has 1 aromatic rings. The molecule has 0 aliphatic rings. The second kappa shape index (κ2) is 7.33. The molecule has 0 radical (unpaired) electrons. The second-order valence-corrected chi connectivity index (χ2v) is 4.30. The molecule has 0 aromatic heterocycles. The van der Waals surface area contributed by atoms with Crippen LogP contribution in [0, 0.1) is 6.92 Å². The summed E-state index contributed by atoms with van der Waals surface area (Å²) in [5.74, 6) is -1.03. The molecule has 0 unspecified atom stereocenters. The second-order valence-electron chi connectivity index (χ2n) is 4.30. The fraction of sp³-hybridized carbons (Fsp3) is 0.333. The number of amides is 1. The molecule has 0 bridgehead atoms. The number of phenols is 1. The largest absolute Gasteiger partial charge is 0.507 e. The van der Waals surface area contributed by atoms with Gasteiger partial charge in [0.2, 0.25) is 0 Å². The van der Waals surface area contributed by atoms with Crippen LogP contribution in [0.15, 0.2) is 30.9 Å². The number of nitrogens with zero attached hydrogens (tertiary/aromatic N) is 1. The van der Waals surface area contributed by atoms with Crippen molar-refractivity contribution in [2.24, 2.45) is 0 Å². The number of carbonyl (C=O) groups is 2. The first-order valence-corrected chi connectivity index (χ1v) is 6.35. The lowest BCUT2D eigenvalue weighted by atomic mass is 10.1. The highest BCUT2D eigenvalue weighted by Gasteiger charge is 2.20. The van der Waals surface area contributed by atoms with Crippen LogP contribution in [0.1, 0.15) is 22.8 Å². The zero-order valence-electron chi connectivity index (χ0n) is 11.8. The van der Waals surface area contributed by atoms with Crippen molar-refractivity contribution in [1.29, 1.82) is 0 Å². The van der Waals surface area contributed by atoms with Gasteiger partial charge in [0.15, 0.2) is 0 Å². The van der Waals surface area contributed by atoms with Gasteiger partial charge in [-0.2, -0.15) is 0 Å². The van der Waals surface area contributed by atoms with Crippen LogP contribution >= 0.6 is 0 Å². The van der Waals surface area contributed by atoms with Gasteiger partial charge in [0.25, 0.3) is 5.91 Å². The smallest absolute Gasteiger partial charge is 0.325 e. The van der Waals surface area contributed by atoms with Crippen LogP contribution in [-0.4, -0.2) is 41.6 Å². The third-order valence-corrected chi connectivity index (χ3v) is 2.65. The van der Waals surface area contributed by atoms with Crippen molar-refractivity contribution >= 4 is 11.9 Å². The Bertz CT molecular complexity index is 511. The minimum absolute atomic E-state index is 0.104. The van der Waals surface area contributed by atoms with E-state index in [9.17, 15) is 14.7 Å². The predicted octanol–water partition coefficient (Wildman–Crippen LogP) is 1.89. The summed E-state index contributed by atoms with van der Waals surface area (Å²) in [5, 5.41) is 9.83. The van der Waals surface area contributed by atoms with Crippen LogP contribution in [-0.2, 0) is 9.53 Å². The van der Waals surface area contributed by atoms with Crippen molar-refractivity contribution in [3.63, 3.8) is 0 Å². The molecule has 0 aliphatic heterocycles. The fourth-order valence-electron chi connectivity index (χ4n) is 1.73. The highest BCUT2D eigenvalue weighted by molar-refractivity contribution is 5.98. The van der Waals surface area contributed by atoms with Crippen molar-refractivity contribution in [2.45, 2.75) is 13.8 Å². The van der Waals surface area contributed by atoms with E-state index in [4.69, 9.17) is 4.74 Å². The summed E-state index contributed by atoms with van der Waals surface area (Å²) in [7, 11) is 0. The quantitative estimate of drug-likeness (QED) is 0.637. The van der Waals surface area contributed by atoms with Gasteiger partial charge in [-0.1, -0.05) is 12.1 Å². The van der Waals surface area contributed by atoms with E-state index in [1.807, 2.05) is 6.92 Å². The Labute approximate surface area is 118 Å². The molecule has 0 heterocycles. The van der Waals surface area contributed by atoms with Crippen molar-refractivity contribution in [1.82, 2.24) is 4.90 Å². The molecule has 20 heavy (non-hydrogen) atoms. The molecule has 0 fully saturated rings. The molecular formula is C15H19NO4. The van der Waals surface area contributed by atoms with E-state index in [2.05, 4.69) is 6.58 Å². The summed E-state index contributed by atoms with van der Waals surface area (Å²) >= 11 is 0. The molecular weight excluding hydrogens is 258 g/mol. The number of carbonyl (C=O) groups excluding carboxylic acids is 2. The zero-order chi connectivity index (χ0) is 15.1. The van der Waals surface area contributed by atoms with Gasteiger partial charge < -0.3 is 14.7 Å². The normalized spacial score (nSPS) is 9.90. The van der Waals surface area contributed by atoms with Gasteiger partial charge in [0, 0.05) is 6.54 Å². The number of ether oxygens (including phenoxy) is 1. The summed E-state index contributed by atoms with van der Waals surface area (Å²) in [6.45, 7) is 7.35. The van der Waals surface area contributed by atoms with Crippen LogP contribution in [0.4, 0.5) is 0 Å². The highest BCUT2D eigenvalue weighted by Crippen LogP contribution is 2.20. The van der Waals surface area contributed by atoms with Crippen LogP contribution in [0.25, 0.3) is 0 Å². The number of phenolic OH excluding ortho intramolecular Hbond substituents is 1. The molecule has 1 aromatic carbocycles. The van der Waals surface area contributed by atoms with E-state index in [1.165, 1.54) is 23.1 Å². The standard InChI is InChI=1S/C15H19NO4/c1-4-8-16(10-14(18)20-5-2)15(19)12-7-6-11(3)9-13(12)17/h4,6-7,9,17H,1,5,8,10H2,2-3H3. The van der Waals surface area contributed by atoms with Gasteiger partial charge in [-0.25, -0.2) is 0 Å². The Hall–Kier alpha value is -2.30. The van der Waals surface area contributed by atoms with E-state index in [-0.39, 0.29) is 31.0 Å². The van der Waals surface area contributed by atoms with Gasteiger partial charge >= 0.3 is 5.97 Å². The fourth-order valence-corrected chi connectivity index (χ4v) is 1.73. The zero-order valence-corrected chi connectivity index (χ0v) is 11.8. The van der Waals surface area contributed by atoms with E-state index < -0.39 is 11.9 Å². The highest BCUT2D eigenvalue weighted by atomic mass is 16.5. The SMILES string of the molecule is C=CCN(CC(=O)OCC)C(=O)c1ccc(C)cc1O. The summed E-state index contributed by atoms with van der Waals surface area (Å²) in [4.78, 5) is 25.1. The number of rotatable bonds is 6. The molecule has 1 amide bonds. The third kappa shape index (κ3) is 4.12. The van der Waals surface area contributed by atoms with Crippen LogP contribution in [0.2, 0.25) is 0 Å². The lowest BCUT2D eigenvalue weighted by molar-refractivity contribution is -0.143. The number of aryl methyl sites for hydroxylation is 1. The predicted molar refractivity (Wildman–Crippen MR) is 75.6 cm³/mol. The summed E-state index contributed by atoms with van der Waals surface area (Å²) in [6.07, 6.45) is 1.52. The van der Waals surface area contributed by atoms with Gasteiger partial charge in [0.1, 0.15) is 12.3 Å². The molecule has 5 heteroatoms. The van der Waals surface area contributed by atoms with Gasteiger partial charge in [0.05, 0.1) is 12.2 Å². The molecule has 0 saturated carbocycles. The van der Waals surface area contributed by atoms with Crippen LogP contribution in [0.5, 0.6) is 5.75 Å². The number of aromatic hydroxyl groups is 1. The monoisotopic (exact) mass is 277 g/mol. The van der Waals surface area contributed by atoms with Gasteiger partial charge in [-0.15, -0.1) is 6.58 Å². The molecule has 0 atom stereocenters. The Morgan fingerprint density at radius 2 is 2.15 bits per heavy atom. The molecule has 0 spiro atoms. The van der Waals surface area contributed by atoms with Crippen molar-refractivity contribution in [3.8, 4) is 5.75 Å². The maximum absolute atomic E-state index is 12.3. The van der Waals surface area contributed by atoms with E-state index in [0.717, 1.165) is 5.56 Å². The minimum Gasteiger partial charge on any atom is -0.507 e. The summed E-state index contributed by atoms with van der Waals surface area (Å²) < 4.78 is 4.82. The average molecular weight is 277 g/mol. The summed E-state index contributed by atoms with van der Waals surface area (Å²) in [5.41, 5.74) is 1.00. The van der Waals surface area contributed by atoms with E-state index in [0.29, 0.717) is 0 Å². The van der Waals surface area contributed by atoms with Crippen molar-refractivity contribution in [3.05, 3.63) is 42.0 Å². The first-order chi connectivity index (χ1) is 9.49. The molecule has 0 saturated heterocycles. The van der Waals surface area contributed by atoms with E-state index in [1.54, 1.807) is 13.0 Å². The summed E-state index contributed by atoms with van der Waals surface area (Å²) in [6, 6.07) is 4.77. The lowest BCUT2D eigenvalue weighted by Gasteiger charge is -2.20. The minimum atomic E-state index is -0.491. The Morgan fingerprint density at radius 1 is 1.45 bits per heavy atom. The van der Waals surface area contributed by atoms with Gasteiger partial charge in [-0.3, -0.25) is 9.59 Å². The van der Waals surface area contributed by atoms with Crippen LogP contribution in [0.3, 0.4) is 0 Å². The lowest BCUT2D eigenvalue weighted by Crippen LogP contribution is -2.36. The molecule has 5 nitrogen and oxygen atoms in total. The Balaban J connectivity index is 2.93. The number of esters is 1. The first-order valence-electron chi connectivity index (χ1n) is 6.35. The molecule has 0 aliphatic carbocycles. The maximum Gasteiger partial charge on any atom is 0.325 e. The maximum atomic E-state index is 12.3.